The van der Waals surface area contributed by atoms with Crippen LogP contribution in [-0.2, 0) is 11.8 Å². The second kappa shape index (κ2) is 9.09. The second-order valence-corrected chi connectivity index (χ2v) is 8.25. The third kappa shape index (κ3) is 4.05. The van der Waals surface area contributed by atoms with Crippen LogP contribution in [0.15, 0.2) is 60.0 Å². The molecule has 10 heteroatoms. The van der Waals surface area contributed by atoms with E-state index in [0.29, 0.717) is 41.0 Å². The number of hydrogen-bond acceptors (Lipinski definition) is 7. The molecule has 0 unspecified atom stereocenters. The minimum atomic E-state index is -0.148. The number of pyridine rings is 1. The number of rotatable bonds is 4. The molecule has 4 heterocycles. The van der Waals surface area contributed by atoms with Gasteiger partial charge in [0, 0.05) is 67.7 Å². The van der Waals surface area contributed by atoms with Crippen LogP contribution in [0.4, 0.5) is 5.95 Å². The van der Waals surface area contributed by atoms with Gasteiger partial charge in [-0.3, -0.25) is 4.79 Å². The molecular formula is C24H20ClN7O2. The van der Waals surface area contributed by atoms with Gasteiger partial charge in [0.1, 0.15) is 6.07 Å². The number of nitriles is 1. The Balaban J connectivity index is 1.56. The molecule has 1 fully saturated rings. The summed E-state index contributed by atoms with van der Waals surface area (Å²) in [5, 5.41) is 14.3. The quantitative estimate of drug-likeness (QED) is 0.449. The summed E-state index contributed by atoms with van der Waals surface area (Å²) >= 11 is 6.19. The third-order valence-corrected chi connectivity index (χ3v) is 6.03. The molecule has 0 N–H and O–H groups in total. The Morgan fingerprint density at radius 3 is 2.56 bits per heavy atom. The average Bonchev–Trinajstić information content (AvgIpc) is 3.36. The standard InChI is InChI=1S/C24H20ClN7O2/c1-30-15-20(17-13-29-32(14-17)22-4-2-3-21(25)19(22)10-26)18(9-23(30)33)16-11-27-24(28-12-16)31-5-7-34-8-6-31/h2-4,9,11-15H,5-8H2,1H3. The second-order valence-electron chi connectivity index (χ2n) is 7.84. The van der Waals surface area contributed by atoms with Gasteiger partial charge in [-0.25, -0.2) is 14.6 Å². The lowest BCUT2D eigenvalue weighted by Gasteiger charge is -2.26. The zero-order chi connectivity index (χ0) is 23.7. The van der Waals surface area contributed by atoms with E-state index in [1.54, 1.807) is 67.0 Å². The van der Waals surface area contributed by atoms with E-state index < -0.39 is 0 Å². The highest BCUT2D eigenvalue weighted by Gasteiger charge is 2.17. The van der Waals surface area contributed by atoms with Gasteiger partial charge in [-0.15, -0.1) is 0 Å². The van der Waals surface area contributed by atoms with Gasteiger partial charge in [0.05, 0.1) is 35.7 Å². The van der Waals surface area contributed by atoms with Crippen molar-refractivity contribution < 1.29 is 4.74 Å². The van der Waals surface area contributed by atoms with Gasteiger partial charge in [-0.2, -0.15) is 10.4 Å². The van der Waals surface area contributed by atoms with E-state index in [4.69, 9.17) is 16.3 Å². The first-order valence-electron chi connectivity index (χ1n) is 10.6. The van der Waals surface area contributed by atoms with E-state index in [1.165, 1.54) is 4.57 Å². The Hall–Kier alpha value is -4.00. The van der Waals surface area contributed by atoms with E-state index >= 15 is 0 Å². The normalized spacial score (nSPS) is 13.6. The van der Waals surface area contributed by atoms with Crippen LogP contribution in [0, 0.1) is 11.3 Å². The van der Waals surface area contributed by atoms with E-state index in [9.17, 15) is 10.1 Å². The van der Waals surface area contributed by atoms with Gasteiger partial charge in [-0.05, 0) is 17.7 Å². The molecule has 3 aromatic heterocycles. The smallest absolute Gasteiger partial charge is 0.250 e. The van der Waals surface area contributed by atoms with Crippen molar-refractivity contribution in [1.82, 2.24) is 24.3 Å². The summed E-state index contributed by atoms with van der Waals surface area (Å²) in [7, 11) is 1.70. The number of benzene rings is 1. The van der Waals surface area contributed by atoms with Crippen molar-refractivity contribution >= 4 is 17.5 Å². The van der Waals surface area contributed by atoms with Gasteiger partial charge in [0.2, 0.25) is 5.95 Å². The zero-order valence-corrected chi connectivity index (χ0v) is 19.1. The van der Waals surface area contributed by atoms with Crippen molar-refractivity contribution in [3.8, 4) is 34.0 Å². The number of anilines is 1. The molecule has 4 aromatic rings. The number of hydrogen-bond donors (Lipinski definition) is 0. The first-order chi connectivity index (χ1) is 16.5. The molecule has 34 heavy (non-hydrogen) atoms. The minimum absolute atomic E-state index is 0.148. The van der Waals surface area contributed by atoms with E-state index in [2.05, 4.69) is 26.0 Å². The lowest BCUT2D eigenvalue weighted by atomic mass is 10.0. The number of aryl methyl sites for hydroxylation is 1. The van der Waals surface area contributed by atoms with Crippen LogP contribution >= 0.6 is 11.6 Å². The maximum atomic E-state index is 12.5. The highest BCUT2D eigenvalue weighted by molar-refractivity contribution is 6.32. The van der Waals surface area contributed by atoms with E-state index in [-0.39, 0.29) is 5.56 Å². The first kappa shape index (κ1) is 21.8. The van der Waals surface area contributed by atoms with Crippen LogP contribution in [0.25, 0.3) is 27.9 Å². The number of nitrogens with zero attached hydrogens (tertiary/aromatic N) is 7. The topological polar surface area (TPSA) is 102 Å². The summed E-state index contributed by atoms with van der Waals surface area (Å²) in [5.74, 6) is 0.634. The average molecular weight is 474 g/mol. The van der Waals surface area contributed by atoms with Gasteiger partial charge in [0.15, 0.2) is 0 Å². The van der Waals surface area contributed by atoms with Crippen molar-refractivity contribution in [2.75, 3.05) is 31.2 Å². The Kier molecular flexibility index (Phi) is 5.84. The number of aromatic nitrogens is 5. The number of halogens is 1. The summed E-state index contributed by atoms with van der Waals surface area (Å²) < 4.78 is 8.51. The predicted molar refractivity (Wildman–Crippen MR) is 128 cm³/mol. The maximum Gasteiger partial charge on any atom is 0.250 e. The molecule has 5 rings (SSSR count). The fraction of sp³-hybridized carbons (Fsp3) is 0.208. The Morgan fingerprint density at radius 2 is 1.82 bits per heavy atom. The lowest BCUT2D eigenvalue weighted by molar-refractivity contribution is 0.122. The molecule has 1 aliphatic heterocycles. The van der Waals surface area contributed by atoms with Gasteiger partial charge in [-0.1, -0.05) is 17.7 Å². The summed E-state index contributed by atoms with van der Waals surface area (Å²) in [6.07, 6.45) is 8.71. The summed E-state index contributed by atoms with van der Waals surface area (Å²) in [5.41, 5.74) is 3.74. The Bertz CT molecular complexity index is 1450. The molecule has 0 aliphatic carbocycles. The van der Waals surface area contributed by atoms with Crippen LogP contribution in [0.1, 0.15) is 5.56 Å². The van der Waals surface area contributed by atoms with Gasteiger partial charge in [0.25, 0.3) is 5.56 Å². The van der Waals surface area contributed by atoms with Crippen molar-refractivity contribution in [3.63, 3.8) is 0 Å². The lowest BCUT2D eigenvalue weighted by Crippen LogP contribution is -2.37. The highest BCUT2D eigenvalue weighted by atomic mass is 35.5. The van der Waals surface area contributed by atoms with Crippen LogP contribution in [-0.4, -0.2) is 50.6 Å². The molecule has 0 saturated carbocycles. The first-order valence-corrected chi connectivity index (χ1v) is 11.0. The molecule has 9 nitrogen and oxygen atoms in total. The summed E-state index contributed by atoms with van der Waals surface area (Å²) in [4.78, 5) is 23.6. The van der Waals surface area contributed by atoms with Crippen molar-refractivity contribution in [2.24, 2.45) is 7.05 Å². The Morgan fingerprint density at radius 1 is 1.06 bits per heavy atom. The number of ether oxygens (including phenoxy) is 1. The summed E-state index contributed by atoms with van der Waals surface area (Å²) in [6, 6.07) is 8.91. The molecule has 0 bridgehead atoms. The molecular weight excluding hydrogens is 454 g/mol. The number of morpholine rings is 1. The molecule has 170 valence electrons. The summed E-state index contributed by atoms with van der Waals surface area (Å²) in [6.45, 7) is 2.77. The molecule has 1 saturated heterocycles. The van der Waals surface area contributed by atoms with E-state index in [0.717, 1.165) is 29.8 Å². The monoisotopic (exact) mass is 473 g/mol. The Labute approximate surface area is 200 Å². The molecule has 0 radical (unpaired) electrons. The van der Waals surface area contributed by atoms with Gasteiger partial charge >= 0.3 is 0 Å². The zero-order valence-electron chi connectivity index (χ0n) is 18.3. The highest BCUT2D eigenvalue weighted by Crippen LogP contribution is 2.31. The minimum Gasteiger partial charge on any atom is -0.378 e. The van der Waals surface area contributed by atoms with Crippen LogP contribution in [0.3, 0.4) is 0 Å². The molecule has 0 spiro atoms. The fourth-order valence-electron chi connectivity index (χ4n) is 3.89. The van der Waals surface area contributed by atoms with Crippen LogP contribution in [0.5, 0.6) is 0 Å². The van der Waals surface area contributed by atoms with Crippen LogP contribution in [0.2, 0.25) is 5.02 Å². The maximum absolute atomic E-state index is 12.5. The van der Waals surface area contributed by atoms with Crippen molar-refractivity contribution in [3.05, 3.63) is 76.2 Å². The molecule has 0 amide bonds. The van der Waals surface area contributed by atoms with Crippen LogP contribution < -0.4 is 10.5 Å². The predicted octanol–water partition coefficient (Wildman–Crippen LogP) is 3.06. The third-order valence-electron chi connectivity index (χ3n) is 5.72. The van der Waals surface area contributed by atoms with Crippen molar-refractivity contribution in [2.45, 2.75) is 0 Å². The largest absolute Gasteiger partial charge is 0.378 e. The molecule has 0 atom stereocenters. The van der Waals surface area contributed by atoms with Crippen molar-refractivity contribution in [1.29, 1.82) is 5.26 Å². The fourth-order valence-corrected chi connectivity index (χ4v) is 4.11. The molecule has 1 aliphatic rings. The van der Waals surface area contributed by atoms with E-state index in [1.807, 2.05) is 0 Å². The van der Waals surface area contributed by atoms with Gasteiger partial charge < -0.3 is 14.2 Å². The molecule has 1 aromatic carbocycles. The SMILES string of the molecule is Cn1cc(-c2cnn(-c3cccc(Cl)c3C#N)c2)c(-c2cnc(N3CCOCC3)nc2)cc1=O.